The molecule has 1 aliphatic rings. The van der Waals surface area contributed by atoms with Crippen LogP contribution in [0.4, 0.5) is 0 Å². The van der Waals surface area contributed by atoms with Crippen LogP contribution in [0, 0.1) is 0 Å². The number of rotatable bonds is 5. The molecule has 0 saturated heterocycles. The molecule has 0 aliphatic heterocycles. The fraction of sp³-hybridized carbons (Fsp3) is 0.217. The topological polar surface area (TPSA) is 87.5 Å². The zero-order chi connectivity index (χ0) is 20.9. The van der Waals surface area contributed by atoms with E-state index in [2.05, 4.69) is 15.1 Å². The molecular formula is C23H19N5O3. The van der Waals surface area contributed by atoms with E-state index in [1.165, 1.54) is 0 Å². The summed E-state index contributed by atoms with van der Waals surface area (Å²) in [6, 6.07) is 15.5. The van der Waals surface area contributed by atoms with Crippen molar-refractivity contribution in [3.8, 4) is 17.3 Å². The predicted octanol–water partition coefficient (Wildman–Crippen LogP) is 3.63. The predicted molar refractivity (Wildman–Crippen MR) is 114 cm³/mol. The number of hydrogen-bond acceptors (Lipinski definition) is 6. The average Bonchev–Trinajstić information content (AvgIpc) is 3.37. The largest absolute Gasteiger partial charge is 0.497 e. The lowest BCUT2D eigenvalue weighted by atomic mass is 10.2. The maximum atomic E-state index is 13.7. The van der Waals surface area contributed by atoms with Crippen molar-refractivity contribution >= 4 is 16.6 Å². The first-order valence-corrected chi connectivity index (χ1v) is 10.2. The van der Waals surface area contributed by atoms with Crippen molar-refractivity contribution in [2.75, 3.05) is 7.11 Å². The summed E-state index contributed by atoms with van der Waals surface area (Å²) in [4.78, 5) is 22.6. The standard InChI is InChI=1S/C23H19N5O3/c1-30-16-10-6-14(7-11-16)12-27-17-4-2-3-5-18(17)28-13-24-19(20(28)23(27)29)22-25-21(26-31-22)15-8-9-15/h2-7,10-11,13,15H,8-9,12H2,1H3. The van der Waals surface area contributed by atoms with Gasteiger partial charge in [0, 0.05) is 5.92 Å². The van der Waals surface area contributed by atoms with Crippen LogP contribution in [0.1, 0.15) is 30.1 Å². The molecule has 1 saturated carbocycles. The molecule has 3 aromatic heterocycles. The number of benzene rings is 2. The molecular weight excluding hydrogens is 394 g/mol. The van der Waals surface area contributed by atoms with Crippen molar-refractivity contribution < 1.29 is 9.26 Å². The molecule has 154 valence electrons. The van der Waals surface area contributed by atoms with Gasteiger partial charge in [-0.1, -0.05) is 29.4 Å². The second kappa shape index (κ2) is 6.80. The number of imidazole rings is 1. The van der Waals surface area contributed by atoms with Gasteiger partial charge in [0.15, 0.2) is 11.5 Å². The van der Waals surface area contributed by atoms with E-state index in [4.69, 9.17) is 9.26 Å². The van der Waals surface area contributed by atoms with E-state index in [1.807, 2.05) is 48.5 Å². The third-order valence-electron chi connectivity index (χ3n) is 5.73. The second-order valence-electron chi connectivity index (χ2n) is 7.77. The number of hydrogen-bond donors (Lipinski definition) is 0. The Morgan fingerprint density at radius 2 is 1.87 bits per heavy atom. The Hall–Kier alpha value is -3.94. The third kappa shape index (κ3) is 2.91. The summed E-state index contributed by atoms with van der Waals surface area (Å²) < 4.78 is 14.3. The van der Waals surface area contributed by atoms with Crippen molar-refractivity contribution in [1.82, 2.24) is 24.1 Å². The van der Waals surface area contributed by atoms with Gasteiger partial charge in [-0.15, -0.1) is 0 Å². The Labute approximate surface area is 176 Å². The molecule has 3 heterocycles. The first kappa shape index (κ1) is 17.9. The molecule has 8 nitrogen and oxygen atoms in total. The van der Waals surface area contributed by atoms with Gasteiger partial charge in [0.2, 0.25) is 0 Å². The molecule has 0 radical (unpaired) electrons. The summed E-state index contributed by atoms with van der Waals surface area (Å²) in [5, 5.41) is 4.08. The summed E-state index contributed by atoms with van der Waals surface area (Å²) >= 11 is 0. The van der Waals surface area contributed by atoms with E-state index in [0.29, 0.717) is 29.5 Å². The van der Waals surface area contributed by atoms with Gasteiger partial charge in [-0.05, 0) is 42.7 Å². The van der Waals surface area contributed by atoms with Crippen LogP contribution in [0.3, 0.4) is 0 Å². The Bertz CT molecular complexity index is 1480. The van der Waals surface area contributed by atoms with Crippen molar-refractivity contribution in [3.63, 3.8) is 0 Å². The zero-order valence-corrected chi connectivity index (χ0v) is 16.9. The van der Waals surface area contributed by atoms with Gasteiger partial charge < -0.3 is 13.8 Å². The lowest BCUT2D eigenvalue weighted by Crippen LogP contribution is -2.23. The number of fused-ring (bicyclic) bond motifs is 3. The van der Waals surface area contributed by atoms with Crippen LogP contribution in [0.2, 0.25) is 0 Å². The summed E-state index contributed by atoms with van der Waals surface area (Å²) in [7, 11) is 1.63. The highest BCUT2D eigenvalue weighted by atomic mass is 16.5. The number of methoxy groups -OCH3 is 1. The van der Waals surface area contributed by atoms with Crippen molar-refractivity contribution in [1.29, 1.82) is 0 Å². The molecule has 31 heavy (non-hydrogen) atoms. The van der Waals surface area contributed by atoms with Gasteiger partial charge >= 0.3 is 0 Å². The molecule has 0 unspecified atom stereocenters. The van der Waals surface area contributed by atoms with E-state index >= 15 is 0 Å². The number of para-hydroxylation sites is 2. The van der Waals surface area contributed by atoms with Gasteiger partial charge in [-0.25, -0.2) is 4.98 Å². The van der Waals surface area contributed by atoms with Crippen molar-refractivity contribution in [2.45, 2.75) is 25.3 Å². The average molecular weight is 413 g/mol. The van der Waals surface area contributed by atoms with Gasteiger partial charge in [0.1, 0.15) is 17.6 Å². The minimum atomic E-state index is -0.159. The quantitative estimate of drug-likeness (QED) is 0.437. The normalized spacial score (nSPS) is 13.8. The van der Waals surface area contributed by atoms with Crippen LogP contribution in [-0.2, 0) is 6.54 Å². The summed E-state index contributed by atoms with van der Waals surface area (Å²) in [5.74, 6) is 2.11. The first-order valence-electron chi connectivity index (χ1n) is 10.2. The summed E-state index contributed by atoms with van der Waals surface area (Å²) in [5.41, 5.74) is 3.38. The smallest absolute Gasteiger partial charge is 0.278 e. The van der Waals surface area contributed by atoms with E-state index < -0.39 is 0 Å². The van der Waals surface area contributed by atoms with Crippen LogP contribution < -0.4 is 10.3 Å². The Kier molecular flexibility index (Phi) is 3.92. The molecule has 1 fully saturated rings. The highest BCUT2D eigenvalue weighted by molar-refractivity contribution is 5.83. The zero-order valence-electron chi connectivity index (χ0n) is 16.9. The van der Waals surface area contributed by atoms with Crippen LogP contribution in [-0.4, -0.2) is 31.2 Å². The number of aromatic nitrogens is 5. The van der Waals surface area contributed by atoms with Crippen molar-refractivity contribution in [2.24, 2.45) is 0 Å². The molecule has 0 amide bonds. The van der Waals surface area contributed by atoms with Crippen LogP contribution in [0.25, 0.3) is 28.1 Å². The molecule has 1 aliphatic carbocycles. The van der Waals surface area contributed by atoms with Crippen LogP contribution in [0.5, 0.6) is 5.75 Å². The Morgan fingerprint density at radius 1 is 1.10 bits per heavy atom. The highest BCUT2D eigenvalue weighted by Gasteiger charge is 2.30. The maximum absolute atomic E-state index is 13.7. The number of nitrogens with zero attached hydrogens (tertiary/aromatic N) is 5. The highest BCUT2D eigenvalue weighted by Crippen LogP contribution is 2.39. The fourth-order valence-corrected chi connectivity index (χ4v) is 3.93. The summed E-state index contributed by atoms with van der Waals surface area (Å²) in [6.45, 7) is 0.418. The fourth-order valence-electron chi connectivity index (χ4n) is 3.93. The molecule has 0 spiro atoms. The lowest BCUT2D eigenvalue weighted by molar-refractivity contribution is 0.414. The second-order valence-corrected chi connectivity index (χ2v) is 7.77. The Balaban J connectivity index is 1.55. The van der Waals surface area contributed by atoms with E-state index in [9.17, 15) is 4.79 Å². The Morgan fingerprint density at radius 3 is 2.61 bits per heavy atom. The maximum Gasteiger partial charge on any atom is 0.278 e. The minimum absolute atomic E-state index is 0.159. The molecule has 6 rings (SSSR count). The van der Waals surface area contributed by atoms with E-state index in [0.717, 1.165) is 35.2 Å². The monoisotopic (exact) mass is 413 g/mol. The molecule has 2 aromatic carbocycles. The lowest BCUT2D eigenvalue weighted by Gasteiger charge is -2.13. The first-order chi connectivity index (χ1) is 15.2. The van der Waals surface area contributed by atoms with Gasteiger partial charge in [0.05, 0.1) is 24.7 Å². The molecule has 0 N–H and O–H groups in total. The van der Waals surface area contributed by atoms with Gasteiger partial charge in [-0.3, -0.25) is 9.20 Å². The summed E-state index contributed by atoms with van der Waals surface area (Å²) in [6.07, 6.45) is 3.79. The minimum Gasteiger partial charge on any atom is -0.497 e. The van der Waals surface area contributed by atoms with Gasteiger partial charge in [0.25, 0.3) is 11.4 Å². The molecule has 0 atom stereocenters. The molecule has 5 aromatic rings. The SMILES string of the molecule is COc1ccc(Cn2c(=O)c3c(-c4nc(C5CC5)no4)ncn3c3ccccc32)cc1. The van der Waals surface area contributed by atoms with E-state index in [-0.39, 0.29) is 11.4 Å². The van der Waals surface area contributed by atoms with E-state index in [1.54, 1.807) is 22.4 Å². The van der Waals surface area contributed by atoms with Crippen molar-refractivity contribution in [3.05, 3.63) is 76.6 Å². The number of ether oxygens (including phenoxy) is 1. The van der Waals surface area contributed by atoms with Crippen LogP contribution >= 0.6 is 0 Å². The van der Waals surface area contributed by atoms with Gasteiger partial charge in [-0.2, -0.15) is 4.98 Å². The molecule has 8 heteroatoms. The molecule has 0 bridgehead atoms. The van der Waals surface area contributed by atoms with Crippen LogP contribution in [0.15, 0.2) is 64.2 Å². The third-order valence-corrected chi connectivity index (χ3v) is 5.73.